The summed E-state index contributed by atoms with van der Waals surface area (Å²) in [5, 5.41) is 36.7. The molecule has 0 aliphatic carbocycles. The van der Waals surface area contributed by atoms with E-state index in [4.69, 9.17) is 15.3 Å². The Morgan fingerprint density at radius 1 is 1.33 bits per heavy atom. The molecule has 2 rings (SSSR count). The van der Waals surface area contributed by atoms with E-state index in [-0.39, 0.29) is 24.6 Å². The van der Waals surface area contributed by atoms with Gasteiger partial charge in [-0.3, -0.25) is 9.59 Å². The standard InChI is InChI=1S/C10H12N4O6.ClH/c15-7(16)1-4-5(2-11-8(4)10(19)20)14-6(9(17)18)3-12-13-14;/h3-5,8,11H,1-2H2,(H,15,16)(H,17,18)(H,19,20);1H/t4-,5-,8-;/m0./s1. The average Bonchev–Trinajstić information content (AvgIpc) is 2.93. The highest BCUT2D eigenvalue weighted by Gasteiger charge is 2.43. The molecule has 1 aromatic rings. The average molecular weight is 321 g/mol. The zero-order valence-electron chi connectivity index (χ0n) is 10.5. The van der Waals surface area contributed by atoms with Gasteiger partial charge in [0.2, 0.25) is 0 Å². The first kappa shape index (κ1) is 16.9. The molecule has 1 aromatic heterocycles. The Kier molecular flexibility index (Phi) is 5.22. The van der Waals surface area contributed by atoms with Gasteiger partial charge in [-0.2, -0.15) is 0 Å². The Hall–Kier alpha value is -2.20. The second-order valence-electron chi connectivity index (χ2n) is 4.42. The van der Waals surface area contributed by atoms with Gasteiger partial charge in [-0.15, -0.1) is 17.5 Å². The van der Waals surface area contributed by atoms with E-state index < -0.39 is 42.3 Å². The maximum Gasteiger partial charge on any atom is 0.355 e. The minimum atomic E-state index is -1.26. The van der Waals surface area contributed by atoms with Crippen LogP contribution in [-0.4, -0.2) is 60.8 Å². The summed E-state index contributed by atoms with van der Waals surface area (Å²) in [7, 11) is 0. The van der Waals surface area contributed by atoms with Gasteiger partial charge in [0.05, 0.1) is 18.7 Å². The SMILES string of the molecule is Cl.O=C(O)C[C@@H]1[C@@H](C(=O)O)NC[C@@H]1n1nncc1C(=O)O. The van der Waals surface area contributed by atoms with Gasteiger partial charge in [0, 0.05) is 12.5 Å². The van der Waals surface area contributed by atoms with Crippen molar-refractivity contribution >= 4 is 30.3 Å². The maximum atomic E-state index is 11.1. The summed E-state index contributed by atoms with van der Waals surface area (Å²) in [5.41, 5.74) is -0.210. The molecule has 3 atom stereocenters. The van der Waals surface area contributed by atoms with Crippen LogP contribution >= 0.6 is 12.4 Å². The van der Waals surface area contributed by atoms with Crippen molar-refractivity contribution in [2.24, 2.45) is 5.92 Å². The first-order valence-corrected chi connectivity index (χ1v) is 5.73. The van der Waals surface area contributed by atoms with Crippen LogP contribution in [0.15, 0.2) is 6.20 Å². The van der Waals surface area contributed by atoms with Crippen molar-refractivity contribution in [3.63, 3.8) is 0 Å². The minimum Gasteiger partial charge on any atom is -0.481 e. The van der Waals surface area contributed by atoms with Crippen LogP contribution in [0.1, 0.15) is 23.0 Å². The Labute approximate surface area is 124 Å². The van der Waals surface area contributed by atoms with E-state index in [0.717, 1.165) is 10.9 Å². The van der Waals surface area contributed by atoms with Gasteiger partial charge in [0.15, 0.2) is 5.69 Å². The third kappa shape index (κ3) is 3.28. The van der Waals surface area contributed by atoms with Gasteiger partial charge in [-0.05, 0) is 0 Å². The third-order valence-corrected chi connectivity index (χ3v) is 3.25. The molecule has 1 aliphatic rings. The summed E-state index contributed by atoms with van der Waals surface area (Å²) in [5.74, 6) is -4.42. The molecule has 0 unspecified atom stereocenters. The van der Waals surface area contributed by atoms with Crippen LogP contribution in [0.2, 0.25) is 0 Å². The van der Waals surface area contributed by atoms with Gasteiger partial charge in [0.1, 0.15) is 6.04 Å². The predicted molar refractivity (Wildman–Crippen MR) is 68.4 cm³/mol. The van der Waals surface area contributed by atoms with Crippen LogP contribution in [-0.2, 0) is 9.59 Å². The number of nitrogens with one attached hydrogen (secondary N) is 1. The number of hydrogen-bond donors (Lipinski definition) is 4. The second kappa shape index (κ2) is 6.50. The zero-order valence-corrected chi connectivity index (χ0v) is 11.4. The molecule has 1 saturated heterocycles. The van der Waals surface area contributed by atoms with E-state index in [9.17, 15) is 14.4 Å². The number of aromatic carboxylic acids is 1. The fourth-order valence-electron chi connectivity index (χ4n) is 2.41. The predicted octanol–water partition coefficient (Wildman–Crippen LogP) is -0.913. The van der Waals surface area contributed by atoms with E-state index >= 15 is 0 Å². The van der Waals surface area contributed by atoms with Crippen LogP contribution in [0.3, 0.4) is 0 Å². The molecular formula is C10H13ClN4O6. The van der Waals surface area contributed by atoms with E-state index in [1.165, 1.54) is 0 Å². The van der Waals surface area contributed by atoms with Gasteiger partial charge >= 0.3 is 17.9 Å². The van der Waals surface area contributed by atoms with Gasteiger partial charge < -0.3 is 20.6 Å². The Morgan fingerprint density at radius 3 is 2.52 bits per heavy atom. The van der Waals surface area contributed by atoms with Crippen LogP contribution in [0.5, 0.6) is 0 Å². The number of carbonyl (C=O) groups is 3. The van der Waals surface area contributed by atoms with Crippen molar-refractivity contribution in [3.05, 3.63) is 11.9 Å². The molecular weight excluding hydrogens is 308 g/mol. The smallest absolute Gasteiger partial charge is 0.355 e. The summed E-state index contributed by atoms with van der Waals surface area (Å²) in [4.78, 5) is 33.0. The third-order valence-electron chi connectivity index (χ3n) is 3.25. The molecule has 4 N–H and O–H groups in total. The van der Waals surface area contributed by atoms with E-state index in [2.05, 4.69) is 15.6 Å². The lowest BCUT2D eigenvalue weighted by Gasteiger charge is -2.20. The molecule has 0 amide bonds. The largest absolute Gasteiger partial charge is 0.481 e. The Bertz CT molecular complexity index is 561. The molecule has 1 fully saturated rings. The van der Waals surface area contributed by atoms with E-state index in [1.807, 2.05) is 0 Å². The highest BCUT2D eigenvalue weighted by molar-refractivity contribution is 5.85. The quantitative estimate of drug-likeness (QED) is 0.539. The molecule has 0 saturated carbocycles. The first-order chi connectivity index (χ1) is 9.41. The van der Waals surface area contributed by atoms with Crippen molar-refractivity contribution < 1.29 is 29.7 Å². The molecule has 0 radical (unpaired) electrons. The van der Waals surface area contributed by atoms with Crippen LogP contribution in [0.25, 0.3) is 0 Å². The van der Waals surface area contributed by atoms with Gasteiger partial charge in [-0.1, -0.05) is 5.21 Å². The number of nitrogens with zero attached hydrogens (tertiary/aromatic N) is 3. The van der Waals surface area contributed by atoms with E-state index in [1.54, 1.807) is 0 Å². The summed E-state index contributed by atoms with van der Waals surface area (Å²) < 4.78 is 1.06. The number of rotatable bonds is 5. The first-order valence-electron chi connectivity index (χ1n) is 5.73. The highest BCUT2D eigenvalue weighted by Crippen LogP contribution is 2.30. The van der Waals surface area contributed by atoms with Crippen molar-refractivity contribution in [2.75, 3.05) is 6.54 Å². The van der Waals surface area contributed by atoms with Crippen molar-refractivity contribution in [3.8, 4) is 0 Å². The zero-order chi connectivity index (χ0) is 14.9. The Balaban J connectivity index is 0.00000220. The molecule has 2 heterocycles. The summed E-state index contributed by atoms with van der Waals surface area (Å²) in [6.07, 6.45) is 0.627. The lowest BCUT2D eigenvalue weighted by Crippen LogP contribution is -2.37. The van der Waals surface area contributed by atoms with Crippen molar-refractivity contribution in [1.29, 1.82) is 0 Å². The summed E-state index contributed by atoms with van der Waals surface area (Å²) in [6.45, 7) is 0.110. The molecule has 0 aromatic carbocycles. The summed E-state index contributed by atoms with van der Waals surface area (Å²) in [6, 6.07) is -1.76. The van der Waals surface area contributed by atoms with Crippen LogP contribution in [0.4, 0.5) is 0 Å². The second-order valence-corrected chi connectivity index (χ2v) is 4.42. The maximum absolute atomic E-state index is 11.1. The molecule has 1 aliphatic heterocycles. The van der Waals surface area contributed by atoms with Gasteiger partial charge in [0.25, 0.3) is 0 Å². The molecule has 0 spiro atoms. The lowest BCUT2D eigenvalue weighted by atomic mass is 9.93. The normalized spacial score (nSPS) is 24.3. The molecule has 10 nitrogen and oxygen atoms in total. The molecule has 11 heteroatoms. The number of aliphatic carboxylic acids is 2. The Morgan fingerprint density at radius 2 is 2.00 bits per heavy atom. The van der Waals surface area contributed by atoms with Crippen LogP contribution < -0.4 is 5.32 Å². The van der Waals surface area contributed by atoms with E-state index in [0.29, 0.717) is 0 Å². The number of carboxylic acid groups (broad SMARTS) is 3. The van der Waals surface area contributed by atoms with Gasteiger partial charge in [-0.25, -0.2) is 9.48 Å². The topological polar surface area (TPSA) is 155 Å². The fourth-order valence-corrected chi connectivity index (χ4v) is 2.41. The monoisotopic (exact) mass is 320 g/mol. The number of halogens is 1. The highest BCUT2D eigenvalue weighted by atomic mass is 35.5. The van der Waals surface area contributed by atoms with Crippen molar-refractivity contribution in [1.82, 2.24) is 20.3 Å². The molecule has 116 valence electrons. The van der Waals surface area contributed by atoms with Crippen molar-refractivity contribution in [2.45, 2.75) is 18.5 Å². The number of carboxylic acids is 3. The minimum absolute atomic E-state index is 0. The van der Waals surface area contributed by atoms with Crippen LogP contribution in [0, 0.1) is 5.92 Å². The number of aromatic nitrogens is 3. The molecule has 21 heavy (non-hydrogen) atoms. The lowest BCUT2D eigenvalue weighted by molar-refractivity contribution is -0.142. The number of hydrogen-bond acceptors (Lipinski definition) is 6. The fraction of sp³-hybridized carbons (Fsp3) is 0.500. The molecule has 0 bridgehead atoms. The summed E-state index contributed by atoms with van der Waals surface area (Å²) >= 11 is 0.